The first-order valence-corrected chi connectivity index (χ1v) is 17.0. The van der Waals surface area contributed by atoms with Crippen LogP contribution in [0.25, 0.3) is 55.0 Å². The van der Waals surface area contributed by atoms with Crippen LogP contribution in [0.1, 0.15) is 49.9 Å². The molecule has 0 radical (unpaired) electrons. The Morgan fingerprint density at radius 1 is 0.396 bits per heavy atom. The van der Waals surface area contributed by atoms with E-state index in [4.69, 9.17) is 4.42 Å². The molecule has 0 aliphatic heterocycles. The molecule has 8 aromatic rings. The maximum absolute atomic E-state index is 6.59. The molecule has 2 nitrogen and oxygen atoms in total. The Hall–Kier alpha value is -5.60. The smallest absolute Gasteiger partial charge is 0.143 e. The molecule has 0 bridgehead atoms. The van der Waals surface area contributed by atoms with Crippen molar-refractivity contribution in [2.24, 2.45) is 0 Å². The molecule has 2 heteroatoms. The lowest BCUT2D eigenvalue weighted by Crippen LogP contribution is -2.17. The molecule has 0 saturated carbocycles. The highest BCUT2D eigenvalue weighted by Gasteiger charge is 2.40. The predicted octanol–water partition coefficient (Wildman–Crippen LogP) is 12.8. The Kier molecular flexibility index (Phi) is 5.44. The summed E-state index contributed by atoms with van der Waals surface area (Å²) < 4.78 is 6.59. The van der Waals surface area contributed by atoms with E-state index in [2.05, 4.69) is 166 Å². The highest BCUT2D eigenvalue weighted by atomic mass is 16.3. The van der Waals surface area contributed by atoms with Crippen LogP contribution in [0.4, 0.5) is 17.1 Å². The minimum Gasteiger partial charge on any atom is -0.455 e. The van der Waals surface area contributed by atoms with Gasteiger partial charge in [0.25, 0.3) is 0 Å². The summed E-state index contributed by atoms with van der Waals surface area (Å²) in [6, 6.07) is 51.3. The van der Waals surface area contributed by atoms with Crippen LogP contribution in [0.5, 0.6) is 0 Å². The van der Waals surface area contributed by atoms with Gasteiger partial charge < -0.3 is 9.32 Å². The number of furan rings is 1. The fraction of sp³-hybridized carbons (Fsp3) is 0.130. The molecule has 10 rings (SSSR count). The average Bonchev–Trinajstić information content (AvgIpc) is 3.70. The van der Waals surface area contributed by atoms with Gasteiger partial charge in [0.2, 0.25) is 0 Å². The van der Waals surface area contributed by atoms with E-state index in [0.29, 0.717) is 0 Å². The second-order valence-corrected chi connectivity index (χ2v) is 14.5. The molecule has 0 saturated heterocycles. The van der Waals surface area contributed by atoms with Crippen LogP contribution >= 0.6 is 0 Å². The van der Waals surface area contributed by atoms with Crippen molar-refractivity contribution in [3.63, 3.8) is 0 Å². The number of hydrogen-bond acceptors (Lipinski definition) is 2. The van der Waals surface area contributed by atoms with Crippen molar-refractivity contribution in [3.8, 4) is 22.3 Å². The molecule has 2 aliphatic carbocycles. The van der Waals surface area contributed by atoms with Gasteiger partial charge in [-0.25, -0.2) is 0 Å². The first-order chi connectivity index (χ1) is 23.4. The summed E-state index contributed by atoms with van der Waals surface area (Å²) in [5, 5.41) is 4.58. The number of rotatable bonds is 3. The summed E-state index contributed by atoms with van der Waals surface area (Å²) in [5.41, 5.74) is 15.9. The van der Waals surface area contributed by atoms with E-state index in [-0.39, 0.29) is 10.8 Å². The molecule has 230 valence electrons. The Morgan fingerprint density at radius 3 is 1.50 bits per heavy atom. The zero-order valence-corrected chi connectivity index (χ0v) is 27.6. The summed E-state index contributed by atoms with van der Waals surface area (Å²) in [6.45, 7) is 9.45. The van der Waals surface area contributed by atoms with Crippen LogP contribution in [-0.4, -0.2) is 0 Å². The number of nitrogens with zero attached hydrogens (tertiary/aromatic N) is 1. The van der Waals surface area contributed by atoms with Crippen LogP contribution < -0.4 is 4.90 Å². The van der Waals surface area contributed by atoms with Crippen molar-refractivity contribution in [2.75, 3.05) is 4.90 Å². The van der Waals surface area contributed by atoms with E-state index in [1.807, 2.05) is 6.07 Å². The van der Waals surface area contributed by atoms with Crippen molar-refractivity contribution in [2.45, 2.75) is 38.5 Å². The van der Waals surface area contributed by atoms with Gasteiger partial charge in [0.1, 0.15) is 11.2 Å². The number of para-hydroxylation sites is 1. The van der Waals surface area contributed by atoms with E-state index in [1.54, 1.807) is 0 Å². The van der Waals surface area contributed by atoms with Crippen LogP contribution in [0.3, 0.4) is 0 Å². The molecule has 0 unspecified atom stereocenters. The molecule has 48 heavy (non-hydrogen) atoms. The van der Waals surface area contributed by atoms with Gasteiger partial charge in [-0.3, -0.25) is 0 Å². The molecule has 0 fully saturated rings. The third-order valence-corrected chi connectivity index (χ3v) is 11.3. The van der Waals surface area contributed by atoms with Crippen molar-refractivity contribution in [1.82, 2.24) is 0 Å². The summed E-state index contributed by atoms with van der Waals surface area (Å²) in [6.07, 6.45) is 0. The van der Waals surface area contributed by atoms with E-state index in [0.717, 1.165) is 38.4 Å². The van der Waals surface area contributed by atoms with E-state index in [9.17, 15) is 0 Å². The Balaban J connectivity index is 1.34. The monoisotopic (exact) mass is 617 g/mol. The van der Waals surface area contributed by atoms with Gasteiger partial charge in [0.05, 0.1) is 17.1 Å². The number of anilines is 3. The van der Waals surface area contributed by atoms with Crippen LogP contribution in [0.2, 0.25) is 0 Å². The summed E-state index contributed by atoms with van der Waals surface area (Å²) in [7, 11) is 0. The second kappa shape index (κ2) is 9.49. The van der Waals surface area contributed by atoms with Crippen molar-refractivity contribution in [3.05, 3.63) is 162 Å². The molecule has 1 heterocycles. The minimum atomic E-state index is -0.111. The maximum atomic E-state index is 6.59. The Morgan fingerprint density at radius 2 is 0.854 bits per heavy atom. The van der Waals surface area contributed by atoms with Gasteiger partial charge >= 0.3 is 0 Å². The van der Waals surface area contributed by atoms with Gasteiger partial charge in [-0.1, -0.05) is 137 Å². The maximum Gasteiger partial charge on any atom is 0.143 e. The fourth-order valence-electron chi connectivity index (χ4n) is 8.95. The van der Waals surface area contributed by atoms with Crippen LogP contribution in [0.15, 0.2) is 144 Å². The van der Waals surface area contributed by atoms with Crippen molar-refractivity contribution in [1.29, 1.82) is 0 Å². The largest absolute Gasteiger partial charge is 0.455 e. The second-order valence-electron chi connectivity index (χ2n) is 14.5. The molecular weight excluding hydrogens is 583 g/mol. The first-order valence-electron chi connectivity index (χ1n) is 17.0. The Bertz CT molecular complexity index is 2530. The zero-order chi connectivity index (χ0) is 32.4. The standard InChI is InChI=1S/C46H35NO/c1-45(2)34-18-8-5-15-32(34)42-36(45)20-12-23-39(42)47(40-24-13-21-37-43(40)33-16-6-9-19-35(33)46(37,3)4)38-22-11-17-30-28(38)26-27-31-29-14-7-10-25-41(29)48-44(30)31/h5-27H,1-4H3. The summed E-state index contributed by atoms with van der Waals surface area (Å²) >= 11 is 0. The van der Waals surface area contributed by atoms with E-state index < -0.39 is 0 Å². The molecule has 0 spiro atoms. The lowest BCUT2D eigenvalue weighted by Gasteiger charge is -2.32. The van der Waals surface area contributed by atoms with Crippen molar-refractivity contribution < 1.29 is 4.42 Å². The van der Waals surface area contributed by atoms with Gasteiger partial charge in [-0.05, 0) is 63.7 Å². The normalized spacial score (nSPS) is 15.0. The quantitative estimate of drug-likeness (QED) is 0.196. The number of benzene rings is 7. The number of hydrogen-bond donors (Lipinski definition) is 0. The lowest BCUT2D eigenvalue weighted by molar-refractivity contribution is 0.660. The average molecular weight is 618 g/mol. The minimum absolute atomic E-state index is 0.111. The molecule has 1 aromatic heterocycles. The third kappa shape index (κ3) is 3.47. The van der Waals surface area contributed by atoms with Crippen LogP contribution in [0, 0.1) is 0 Å². The first kappa shape index (κ1) is 27.5. The fourth-order valence-corrected chi connectivity index (χ4v) is 8.95. The van der Waals surface area contributed by atoms with E-state index >= 15 is 0 Å². The van der Waals surface area contributed by atoms with Gasteiger partial charge in [0, 0.05) is 43.5 Å². The molecule has 0 amide bonds. The Labute approximate surface area is 280 Å². The zero-order valence-electron chi connectivity index (χ0n) is 27.6. The highest BCUT2D eigenvalue weighted by Crippen LogP contribution is 2.58. The lowest BCUT2D eigenvalue weighted by atomic mass is 9.82. The predicted molar refractivity (Wildman–Crippen MR) is 201 cm³/mol. The molecule has 0 atom stereocenters. The van der Waals surface area contributed by atoms with Crippen LogP contribution in [-0.2, 0) is 10.8 Å². The topological polar surface area (TPSA) is 16.4 Å². The SMILES string of the molecule is CC1(C)c2ccccc2-c2c(N(c3cccc4c3-c3ccccc3C4(C)C)c3cccc4c3ccc3c5ccccc5oc43)cccc21. The van der Waals surface area contributed by atoms with Gasteiger partial charge in [-0.15, -0.1) is 0 Å². The molecule has 7 aromatic carbocycles. The van der Waals surface area contributed by atoms with E-state index in [1.165, 1.54) is 55.9 Å². The van der Waals surface area contributed by atoms with Gasteiger partial charge in [0.15, 0.2) is 0 Å². The highest BCUT2D eigenvalue weighted by molar-refractivity contribution is 6.18. The summed E-state index contributed by atoms with van der Waals surface area (Å²) in [5.74, 6) is 0. The molecule has 2 aliphatic rings. The van der Waals surface area contributed by atoms with Gasteiger partial charge in [-0.2, -0.15) is 0 Å². The molecular formula is C46H35NO. The van der Waals surface area contributed by atoms with Crippen molar-refractivity contribution >= 4 is 49.8 Å². The third-order valence-electron chi connectivity index (χ3n) is 11.3. The molecule has 0 N–H and O–H groups in total. The number of fused-ring (bicyclic) bond motifs is 11. The summed E-state index contributed by atoms with van der Waals surface area (Å²) in [4.78, 5) is 2.55.